The number of fused-ring (bicyclic) bond motifs is 2. The van der Waals surface area contributed by atoms with E-state index in [0.29, 0.717) is 27.4 Å². The van der Waals surface area contributed by atoms with E-state index in [1.54, 1.807) is 0 Å². The fraction of sp³-hybridized carbons (Fsp3) is 0.292. The molecule has 1 fully saturated rings. The molecule has 1 aromatic carbocycles. The topological polar surface area (TPSA) is 77.3 Å². The summed E-state index contributed by atoms with van der Waals surface area (Å²) in [6.45, 7) is 1.64. The highest BCUT2D eigenvalue weighted by atomic mass is 35.5. The average Bonchev–Trinajstić information content (AvgIpc) is 3.62. The van der Waals surface area contributed by atoms with Crippen LogP contribution in [0.4, 0.5) is 0 Å². The summed E-state index contributed by atoms with van der Waals surface area (Å²) in [5.74, 6) is 2.79. The van der Waals surface area contributed by atoms with E-state index in [1.165, 1.54) is 11.3 Å². The summed E-state index contributed by atoms with van der Waals surface area (Å²) in [7, 11) is -1.00. The minimum absolute atomic E-state index is 0.0170. The van der Waals surface area contributed by atoms with Crippen molar-refractivity contribution in [3.05, 3.63) is 58.2 Å². The number of halogens is 1. The van der Waals surface area contributed by atoms with Crippen LogP contribution in [-0.4, -0.2) is 49.2 Å². The number of hydrogen-bond donors (Lipinski definition) is 0. The van der Waals surface area contributed by atoms with E-state index in [2.05, 4.69) is 0 Å². The SMILES string of the molecule is O=C(COc1ccc2ccn(-c3nc(-c4ccc(Cl)s4)nc4c3CS(=O)C4)c2c1)N1CCCC1. The van der Waals surface area contributed by atoms with Crippen LogP contribution in [0.15, 0.2) is 42.6 Å². The summed E-state index contributed by atoms with van der Waals surface area (Å²) >= 11 is 7.57. The molecule has 1 saturated heterocycles. The second-order valence-corrected chi connectivity index (χ2v) is 11.6. The van der Waals surface area contributed by atoms with Gasteiger partial charge in [-0.3, -0.25) is 9.00 Å². The standard InChI is InChI=1S/C24H21ClN4O3S2/c25-21-6-5-20(33-21)23-26-18-14-34(31)13-17(18)24(27-23)29-10-7-15-3-4-16(11-19(15)29)32-12-22(30)28-8-1-2-9-28/h3-7,10-11H,1-2,8-9,12-14H2. The lowest BCUT2D eigenvalue weighted by Gasteiger charge is -2.16. The monoisotopic (exact) mass is 512 g/mol. The van der Waals surface area contributed by atoms with E-state index < -0.39 is 10.8 Å². The molecule has 34 heavy (non-hydrogen) atoms. The number of nitrogens with zero attached hydrogens (tertiary/aromatic N) is 4. The summed E-state index contributed by atoms with van der Waals surface area (Å²) in [4.78, 5) is 24.7. The quantitative estimate of drug-likeness (QED) is 0.391. The van der Waals surface area contributed by atoms with Crippen molar-refractivity contribution in [2.45, 2.75) is 24.3 Å². The van der Waals surface area contributed by atoms with Crippen LogP contribution < -0.4 is 4.74 Å². The Bertz CT molecular complexity index is 1440. The Morgan fingerprint density at radius 3 is 2.76 bits per heavy atom. The summed E-state index contributed by atoms with van der Waals surface area (Å²) < 4.78 is 20.9. The molecule has 3 aromatic heterocycles. The highest BCUT2D eigenvalue weighted by Crippen LogP contribution is 2.34. The molecule has 0 bridgehead atoms. The van der Waals surface area contributed by atoms with Gasteiger partial charge in [-0.25, -0.2) is 9.97 Å². The molecule has 1 atom stereocenters. The van der Waals surface area contributed by atoms with E-state index in [4.69, 9.17) is 26.3 Å². The van der Waals surface area contributed by atoms with Crippen molar-refractivity contribution >= 4 is 50.5 Å². The molecule has 6 rings (SSSR count). The van der Waals surface area contributed by atoms with Gasteiger partial charge in [-0.05, 0) is 43.2 Å². The molecular formula is C24H21ClN4O3S2. The van der Waals surface area contributed by atoms with Gasteiger partial charge in [0.25, 0.3) is 5.91 Å². The second kappa shape index (κ2) is 8.79. The van der Waals surface area contributed by atoms with Gasteiger partial charge in [-0.2, -0.15) is 0 Å². The van der Waals surface area contributed by atoms with Gasteiger partial charge in [-0.1, -0.05) is 11.6 Å². The Balaban J connectivity index is 1.38. The molecule has 7 nitrogen and oxygen atoms in total. The Kier molecular flexibility index (Phi) is 5.63. The van der Waals surface area contributed by atoms with Crippen molar-refractivity contribution in [2.24, 2.45) is 0 Å². The molecule has 174 valence electrons. The largest absolute Gasteiger partial charge is 0.484 e. The van der Waals surface area contributed by atoms with Crippen LogP contribution in [0.3, 0.4) is 0 Å². The van der Waals surface area contributed by atoms with E-state index in [1.807, 2.05) is 52.1 Å². The molecule has 0 aliphatic carbocycles. The first-order chi connectivity index (χ1) is 16.5. The third kappa shape index (κ3) is 4.01. The maximum absolute atomic E-state index is 12.4. The third-order valence-corrected chi connectivity index (χ3v) is 8.61. The number of thiophene rings is 1. The zero-order valence-corrected chi connectivity index (χ0v) is 20.6. The van der Waals surface area contributed by atoms with Crippen molar-refractivity contribution in [3.63, 3.8) is 0 Å². The van der Waals surface area contributed by atoms with Crippen molar-refractivity contribution < 1.29 is 13.7 Å². The number of carbonyl (C=O) groups is 1. The Labute approximate surface area is 207 Å². The minimum atomic E-state index is -1.00. The fourth-order valence-corrected chi connectivity index (χ4v) is 6.72. The predicted octanol–water partition coefficient (Wildman–Crippen LogP) is 4.57. The number of aromatic nitrogens is 3. The number of hydrogen-bond acceptors (Lipinski definition) is 6. The summed E-state index contributed by atoms with van der Waals surface area (Å²) in [5.41, 5.74) is 2.62. The maximum atomic E-state index is 12.4. The van der Waals surface area contributed by atoms with Crippen LogP contribution in [0, 0.1) is 0 Å². The van der Waals surface area contributed by atoms with Crippen LogP contribution in [-0.2, 0) is 27.1 Å². The highest BCUT2D eigenvalue weighted by molar-refractivity contribution is 7.83. The van der Waals surface area contributed by atoms with Crippen LogP contribution in [0.5, 0.6) is 5.75 Å². The molecule has 5 heterocycles. The van der Waals surface area contributed by atoms with E-state index >= 15 is 0 Å². The van der Waals surface area contributed by atoms with Crippen LogP contribution in [0.25, 0.3) is 27.4 Å². The first-order valence-electron chi connectivity index (χ1n) is 11.1. The number of likely N-dealkylation sites (tertiary alicyclic amines) is 1. The predicted molar refractivity (Wildman–Crippen MR) is 134 cm³/mol. The van der Waals surface area contributed by atoms with E-state index in [-0.39, 0.29) is 12.5 Å². The first-order valence-corrected chi connectivity index (χ1v) is 13.8. The van der Waals surface area contributed by atoms with Gasteiger partial charge in [0.2, 0.25) is 0 Å². The molecular weight excluding hydrogens is 492 g/mol. The molecule has 4 aromatic rings. The van der Waals surface area contributed by atoms with E-state index in [0.717, 1.165) is 58.8 Å². The van der Waals surface area contributed by atoms with Gasteiger partial charge in [0.1, 0.15) is 11.6 Å². The first kappa shape index (κ1) is 21.8. The molecule has 0 saturated carbocycles. The normalized spacial score (nSPS) is 17.4. The number of carbonyl (C=O) groups excluding carboxylic acids is 1. The van der Waals surface area contributed by atoms with Crippen molar-refractivity contribution in [1.82, 2.24) is 19.4 Å². The number of ether oxygens (including phenoxy) is 1. The lowest BCUT2D eigenvalue weighted by atomic mass is 10.2. The Morgan fingerprint density at radius 2 is 1.97 bits per heavy atom. The Hall–Kier alpha value is -2.75. The van der Waals surface area contributed by atoms with Gasteiger partial charge in [-0.15, -0.1) is 11.3 Å². The number of amides is 1. The lowest BCUT2D eigenvalue weighted by Crippen LogP contribution is -2.32. The van der Waals surface area contributed by atoms with Crippen LogP contribution >= 0.6 is 22.9 Å². The molecule has 0 radical (unpaired) electrons. The van der Waals surface area contributed by atoms with Gasteiger partial charge in [0, 0.05) is 47.1 Å². The van der Waals surface area contributed by atoms with Crippen molar-refractivity contribution in [1.29, 1.82) is 0 Å². The molecule has 2 aliphatic heterocycles. The molecule has 1 amide bonds. The van der Waals surface area contributed by atoms with Crippen LogP contribution in [0.1, 0.15) is 24.1 Å². The zero-order chi connectivity index (χ0) is 23.2. The van der Waals surface area contributed by atoms with Gasteiger partial charge in [0.15, 0.2) is 12.4 Å². The molecule has 0 spiro atoms. The number of benzene rings is 1. The molecule has 1 unspecified atom stereocenters. The fourth-order valence-electron chi connectivity index (χ4n) is 4.48. The Morgan fingerprint density at radius 1 is 1.12 bits per heavy atom. The smallest absolute Gasteiger partial charge is 0.260 e. The van der Waals surface area contributed by atoms with E-state index in [9.17, 15) is 9.00 Å². The van der Waals surface area contributed by atoms with Crippen molar-refractivity contribution in [2.75, 3.05) is 19.7 Å². The summed E-state index contributed by atoms with van der Waals surface area (Å²) in [5, 5.41) is 1.02. The van der Waals surface area contributed by atoms with Gasteiger partial charge >= 0.3 is 0 Å². The third-order valence-electron chi connectivity index (χ3n) is 6.18. The second-order valence-electron chi connectivity index (χ2n) is 8.41. The van der Waals surface area contributed by atoms with Gasteiger partial charge in [0.05, 0.1) is 31.9 Å². The zero-order valence-electron chi connectivity index (χ0n) is 18.2. The lowest BCUT2D eigenvalue weighted by molar-refractivity contribution is -0.132. The average molecular weight is 513 g/mol. The number of rotatable bonds is 5. The molecule has 0 N–H and O–H groups in total. The minimum Gasteiger partial charge on any atom is -0.484 e. The highest BCUT2D eigenvalue weighted by Gasteiger charge is 2.26. The molecule has 2 aliphatic rings. The summed E-state index contributed by atoms with van der Waals surface area (Å²) in [6.07, 6.45) is 4.07. The van der Waals surface area contributed by atoms with Crippen LogP contribution in [0.2, 0.25) is 4.34 Å². The van der Waals surface area contributed by atoms with Crippen molar-refractivity contribution in [3.8, 4) is 22.3 Å². The van der Waals surface area contributed by atoms with Gasteiger partial charge < -0.3 is 14.2 Å². The molecule has 10 heteroatoms. The maximum Gasteiger partial charge on any atom is 0.260 e. The summed E-state index contributed by atoms with van der Waals surface area (Å²) in [6, 6.07) is 11.5.